The molecule has 142 valence electrons. The van der Waals surface area contributed by atoms with Crippen molar-refractivity contribution < 1.29 is 9.53 Å². The number of aryl methyl sites for hydroxylation is 1. The van der Waals surface area contributed by atoms with Crippen molar-refractivity contribution >= 4 is 40.7 Å². The number of nitrogens with one attached hydrogen (secondary N) is 1. The molecule has 0 saturated carbocycles. The highest BCUT2D eigenvalue weighted by molar-refractivity contribution is 6.42. The standard InChI is InChI=1S/C17H16Cl3N5O2/c1-2-24-9-12(19)14(23-24)8-21-17(26)13-6-7-25(22-13)10-27-15-5-3-4-11(18)16(15)20/h3-7,9H,2,8,10H2,1H3,(H,21,26). The third kappa shape index (κ3) is 4.74. The molecular weight excluding hydrogens is 413 g/mol. The number of hydrogen-bond donors (Lipinski definition) is 1. The number of rotatable bonds is 7. The molecule has 0 radical (unpaired) electrons. The lowest BCUT2D eigenvalue weighted by molar-refractivity contribution is 0.0943. The first-order chi connectivity index (χ1) is 13.0. The number of benzene rings is 1. The number of hydrogen-bond acceptors (Lipinski definition) is 4. The van der Waals surface area contributed by atoms with Gasteiger partial charge in [0.1, 0.15) is 22.2 Å². The first-order valence-corrected chi connectivity index (χ1v) is 9.21. The average molecular weight is 429 g/mol. The van der Waals surface area contributed by atoms with Crippen LogP contribution in [0.2, 0.25) is 15.1 Å². The Labute approximate surface area is 170 Å². The zero-order valence-electron chi connectivity index (χ0n) is 14.3. The Kier molecular flexibility index (Phi) is 6.26. The topological polar surface area (TPSA) is 74.0 Å². The number of amides is 1. The molecule has 0 aliphatic heterocycles. The number of carbonyl (C=O) groups excluding carboxylic acids is 1. The Hall–Kier alpha value is -2.22. The highest BCUT2D eigenvalue weighted by Crippen LogP contribution is 2.31. The van der Waals surface area contributed by atoms with Crippen LogP contribution in [0.15, 0.2) is 36.7 Å². The third-order valence-corrected chi connectivity index (χ3v) is 4.79. The van der Waals surface area contributed by atoms with Gasteiger partial charge in [-0.3, -0.25) is 9.48 Å². The quantitative estimate of drug-likeness (QED) is 0.617. The van der Waals surface area contributed by atoms with Gasteiger partial charge in [-0.25, -0.2) is 4.68 Å². The van der Waals surface area contributed by atoms with E-state index in [2.05, 4.69) is 15.5 Å². The van der Waals surface area contributed by atoms with Crippen LogP contribution in [0.1, 0.15) is 23.1 Å². The lowest BCUT2D eigenvalue weighted by Crippen LogP contribution is -2.24. The molecule has 10 heteroatoms. The van der Waals surface area contributed by atoms with Crippen molar-refractivity contribution in [1.82, 2.24) is 24.9 Å². The Bertz CT molecular complexity index is 954. The van der Waals surface area contributed by atoms with Crippen molar-refractivity contribution in [3.05, 3.63) is 63.1 Å². The molecule has 27 heavy (non-hydrogen) atoms. The minimum atomic E-state index is -0.336. The monoisotopic (exact) mass is 427 g/mol. The maximum Gasteiger partial charge on any atom is 0.272 e. The predicted molar refractivity (Wildman–Crippen MR) is 103 cm³/mol. The van der Waals surface area contributed by atoms with Gasteiger partial charge in [0.15, 0.2) is 6.73 Å². The number of ether oxygens (including phenoxy) is 1. The summed E-state index contributed by atoms with van der Waals surface area (Å²) in [5, 5.41) is 12.4. The molecule has 0 aliphatic carbocycles. The van der Waals surface area contributed by atoms with E-state index in [0.717, 1.165) is 0 Å². The van der Waals surface area contributed by atoms with Crippen molar-refractivity contribution in [3.8, 4) is 5.75 Å². The van der Waals surface area contributed by atoms with Crippen molar-refractivity contribution in [1.29, 1.82) is 0 Å². The van der Waals surface area contributed by atoms with E-state index in [1.807, 2.05) is 6.92 Å². The van der Waals surface area contributed by atoms with Gasteiger partial charge in [0.05, 0.1) is 16.6 Å². The molecule has 1 amide bonds. The molecule has 0 saturated heterocycles. The van der Waals surface area contributed by atoms with Gasteiger partial charge in [0, 0.05) is 18.9 Å². The summed E-state index contributed by atoms with van der Waals surface area (Å²) in [5.41, 5.74) is 0.854. The predicted octanol–water partition coefficient (Wildman–Crippen LogP) is 4.03. The van der Waals surface area contributed by atoms with Gasteiger partial charge in [-0.05, 0) is 25.1 Å². The second-order valence-electron chi connectivity index (χ2n) is 5.53. The second kappa shape index (κ2) is 8.65. The summed E-state index contributed by atoms with van der Waals surface area (Å²) >= 11 is 18.1. The molecule has 3 aromatic rings. The lowest BCUT2D eigenvalue weighted by atomic mass is 10.3. The van der Waals surface area contributed by atoms with Crippen LogP contribution in [0.3, 0.4) is 0 Å². The van der Waals surface area contributed by atoms with E-state index < -0.39 is 0 Å². The first kappa shape index (κ1) is 19.5. The average Bonchev–Trinajstić information content (AvgIpc) is 3.27. The Morgan fingerprint density at radius 3 is 2.70 bits per heavy atom. The van der Waals surface area contributed by atoms with Gasteiger partial charge in [0.25, 0.3) is 5.91 Å². The summed E-state index contributed by atoms with van der Waals surface area (Å²) < 4.78 is 8.76. The summed E-state index contributed by atoms with van der Waals surface area (Å²) in [6, 6.07) is 6.69. The molecule has 1 N–H and O–H groups in total. The molecule has 0 atom stereocenters. The molecule has 0 spiro atoms. The van der Waals surface area contributed by atoms with Crippen LogP contribution in [0, 0.1) is 0 Å². The van der Waals surface area contributed by atoms with Crippen LogP contribution in [0.4, 0.5) is 0 Å². The van der Waals surface area contributed by atoms with Crippen LogP contribution < -0.4 is 10.1 Å². The van der Waals surface area contributed by atoms with Gasteiger partial charge < -0.3 is 10.1 Å². The molecule has 3 rings (SSSR count). The van der Waals surface area contributed by atoms with Crippen molar-refractivity contribution in [2.75, 3.05) is 0 Å². The molecule has 1 aromatic carbocycles. The summed E-state index contributed by atoms with van der Waals surface area (Å²) in [6.07, 6.45) is 3.35. The zero-order chi connectivity index (χ0) is 19.4. The van der Waals surface area contributed by atoms with E-state index in [9.17, 15) is 4.79 Å². The molecule has 2 aromatic heterocycles. The fourth-order valence-electron chi connectivity index (χ4n) is 2.26. The molecule has 0 bridgehead atoms. The summed E-state index contributed by atoms with van der Waals surface area (Å²) in [7, 11) is 0. The van der Waals surface area contributed by atoms with E-state index in [1.54, 1.807) is 41.3 Å². The van der Waals surface area contributed by atoms with Gasteiger partial charge in [-0.2, -0.15) is 10.2 Å². The molecule has 0 fully saturated rings. The minimum absolute atomic E-state index is 0.0834. The van der Waals surface area contributed by atoms with Crippen LogP contribution in [0.5, 0.6) is 5.75 Å². The number of halogens is 3. The first-order valence-electron chi connectivity index (χ1n) is 8.08. The summed E-state index contributed by atoms with van der Waals surface area (Å²) in [6.45, 7) is 2.96. The molecule has 0 unspecified atom stereocenters. The normalized spacial score (nSPS) is 10.8. The Balaban J connectivity index is 1.57. The number of nitrogens with zero attached hydrogens (tertiary/aromatic N) is 4. The second-order valence-corrected chi connectivity index (χ2v) is 6.72. The van der Waals surface area contributed by atoms with Crippen molar-refractivity contribution in [2.24, 2.45) is 0 Å². The molecule has 2 heterocycles. The summed E-state index contributed by atoms with van der Waals surface area (Å²) in [4.78, 5) is 12.2. The van der Waals surface area contributed by atoms with E-state index in [1.165, 1.54) is 4.68 Å². The minimum Gasteiger partial charge on any atom is -0.470 e. The fourth-order valence-corrected chi connectivity index (χ4v) is 2.82. The SMILES string of the molecule is CCn1cc(Cl)c(CNC(=O)c2ccn(COc3cccc(Cl)c3Cl)n2)n1. The Morgan fingerprint density at radius 1 is 1.15 bits per heavy atom. The van der Waals surface area contributed by atoms with Crippen LogP contribution in [-0.2, 0) is 19.8 Å². The fraction of sp³-hybridized carbons (Fsp3) is 0.235. The number of carbonyl (C=O) groups is 1. The highest BCUT2D eigenvalue weighted by atomic mass is 35.5. The van der Waals surface area contributed by atoms with E-state index >= 15 is 0 Å². The smallest absolute Gasteiger partial charge is 0.272 e. The third-order valence-electron chi connectivity index (χ3n) is 3.67. The van der Waals surface area contributed by atoms with Crippen molar-refractivity contribution in [3.63, 3.8) is 0 Å². The summed E-state index contributed by atoms with van der Waals surface area (Å²) in [5.74, 6) is 0.100. The maximum absolute atomic E-state index is 12.2. The molecule has 0 aliphatic rings. The number of aromatic nitrogens is 4. The molecular formula is C17H16Cl3N5O2. The Morgan fingerprint density at radius 2 is 1.96 bits per heavy atom. The van der Waals surface area contributed by atoms with Crippen LogP contribution in [-0.4, -0.2) is 25.5 Å². The zero-order valence-corrected chi connectivity index (χ0v) is 16.6. The van der Waals surface area contributed by atoms with Crippen LogP contribution in [0.25, 0.3) is 0 Å². The van der Waals surface area contributed by atoms with Gasteiger partial charge in [0.2, 0.25) is 0 Å². The van der Waals surface area contributed by atoms with Gasteiger partial charge in [-0.1, -0.05) is 40.9 Å². The van der Waals surface area contributed by atoms with Crippen molar-refractivity contribution in [2.45, 2.75) is 26.7 Å². The van der Waals surface area contributed by atoms with E-state index in [-0.39, 0.29) is 24.9 Å². The highest BCUT2D eigenvalue weighted by Gasteiger charge is 2.13. The van der Waals surface area contributed by atoms with Gasteiger partial charge in [-0.15, -0.1) is 0 Å². The molecule has 7 nitrogen and oxygen atoms in total. The maximum atomic E-state index is 12.2. The lowest BCUT2D eigenvalue weighted by Gasteiger charge is -2.08. The largest absolute Gasteiger partial charge is 0.470 e. The van der Waals surface area contributed by atoms with E-state index in [4.69, 9.17) is 39.5 Å². The van der Waals surface area contributed by atoms with E-state index in [0.29, 0.717) is 33.1 Å². The van der Waals surface area contributed by atoms with Crippen LogP contribution >= 0.6 is 34.8 Å². The van der Waals surface area contributed by atoms with Gasteiger partial charge >= 0.3 is 0 Å².